The second kappa shape index (κ2) is 5.69. The van der Waals surface area contributed by atoms with E-state index in [2.05, 4.69) is 4.72 Å². The van der Waals surface area contributed by atoms with E-state index in [0.29, 0.717) is 5.75 Å². The van der Waals surface area contributed by atoms with Crippen molar-refractivity contribution in [3.8, 4) is 5.75 Å². The van der Waals surface area contributed by atoms with Crippen molar-refractivity contribution in [1.82, 2.24) is 4.72 Å². The fraction of sp³-hybridized carbons (Fsp3) is 0.500. The molecule has 5 nitrogen and oxygen atoms in total. The maximum atomic E-state index is 11.7. The molecule has 6 heteroatoms. The third kappa shape index (κ3) is 4.64. The average molecular weight is 273 g/mol. The Morgan fingerprint density at radius 3 is 2.22 bits per heavy atom. The van der Waals surface area contributed by atoms with Crippen molar-refractivity contribution in [3.05, 3.63) is 24.3 Å². The van der Waals surface area contributed by atoms with Gasteiger partial charge in [0.1, 0.15) is 11.4 Å². The fourth-order valence-corrected chi connectivity index (χ4v) is 2.32. The molecule has 0 fully saturated rings. The van der Waals surface area contributed by atoms with Crippen molar-refractivity contribution < 1.29 is 18.3 Å². The van der Waals surface area contributed by atoms with E-state index in [1.165, 1.54) is 12.1 Å². The maximum Gasteiger partial charge on any atom is 0.240 e. The molecule has 0 aromatic heterocycles. The first-order valence-electron chi connectivity index (χ1n) is 5.64. The Hall–Kier alpha value is -1.11. The SMILES string of the molecule is CC(C)(C)Oc1ccc(S(=O)(=O)NCCO)cc1. The lowest BCUT2D eigenvalue weighted by Gasteiger charge is -2.21. The number of aliphatic hydroxyl groups excluding tert-OH is 1. The summed E-state index contributed by atoms with van der Waals surface area (Å²) in [7, 11) is -3.55. The van der Waals surface area contributed by atoms with Gasteiger partial charge in [0.05, 0.1) is 11.5 Å². The molecule has 1 aromatic carbocycles. The number of ether oxygens (including phenoxy) is 1. The lowest BCUT2D eigenvalue weighted by atomic mass is 10.2. The summed E-state index contributed by atoms with van der Waals surface area (Å²) >= 11 is 0. The van der Waals surface area contributed by atoms with Gasteiger partial charge in [0.15, 0.2) is 0 Å². The Morgan fingerprint density at radius 2 is 1.78 bits per heavy atom. The second-order valence-corrected chi connectivity index (χ2v) is 6.57. The molecule has 0 saturated carbocycles. The number of sulfonamides is 1. The molecule has 2 N–H and O–H groups in total. The Kier molecular flexibility index (Phi) is 4.72. The summed E-state index contributed by atoms with van der Waals surface area (Å²) in [5.74, 6) is 0.614. The molecule has 18 heavy (non-hydrogen) atoms. The van der Waals surface area contributed by atoms with Crippen LogP contribution in [-0.2, 0) is 10.0 Å². The van der Waals surface area contributed by atoms with Gasteiger partial charge in [0.25, 0.3) is 0 Å². The zero-order chi connectivity index (χ0) is 13.8. The van der Waals surface area contributed by atoms with Gasteiger partial charge in [-0.25, -0.2) is 13.1 Å². The zero-order valence-electron chi connectivity index (χ0n) is 10.8. The standard InChI is InChI=1S/C12H19NO4S/c1-12(2,3)17-10-4-6-11(7-5-10)18(15,16)13-8-9-14/h4-7,13-14H,8-9H2,1-3H3. The molecule has 0 aliphatic rings. The first-order chi connectivity index (χ1) is 8.24. The summed E-state index contributed by atoms with van der Waals surface area (Å²) in [5, 5.41) is 8.60. The Bertz CT molecular complexity index is 474. The fourth-order valence-electron chi connectivity index (χ4n) is 1.30. The topological polar surface area (TPSA) is 75.6 Å². The van der Waals surface area contributed by atoms with E-state index in [1.54, 1.807) is 12.1 Å². The molecule has 1 aromatic rings. The van der Waals surface area contributed by atoms with E-state index < -0.39 is 10.0 Å². The van der Waals surface area contributed by atoms with Crippen molar-refractivity contribution in [2.24, 2.45) is 0 Å². The largest absolute Gasteiger partial charge is 0.488 e. The number of hydrogen-bond donors (Lipinski definition) is 2. The first kappa shape index (κ1) is 14.9. The lowest BCUT2D eigenvalue weighted by Crippen LogP contribution is -2.26. The zero-order valence-corrected chi connectivity index (χ0v) is 11.6. The first-order valence-corrected chi connectivity index (χ1v) is 7.12. The van der Waals surface area contributed by atoms with Crippen molar-refractivity contribution in [2.75, 3.05) is 13.2 Å². The summed E-state index contributed by atoms with van der Waals surface area (Å²) in [5.41, 5.74) is -0.324. The maximum absolute atomic E-state index is 11.7. The Labute approximate surface area is 108 Å². The van der Waals surface area contributed by atoms with Crippen molar-refractivity contribution >= 4 is 10.0 Å². The highest BCUT2D eigenvalue weighted by molar-refractivity contribution is 7.89. The molecule has 0 unspecified atom stereocenters. The number of nitrogens with one attached hydrogen (secondary N) is 1. The summed E-state index contributed by atoms with van der Waals surface area (Å²) in [6.07, 6.45) is 0. The average Bonchev–Trinajstić information content (AvgIpc) is 2.25. The van der Waals surface area contributed by atoms with Gasteiger partial charge >= 0.3 is 0 Å². The van der Waals surface area contributed by atoms with E-state index in [0.717, 1.165) is 0 Å². The minimum absolute atomic E-state index is 0.00256. The number of hydrogen-bond acceptors (Lipinski definition) is 4. The Balaban J connectivity index is 2.83. The number of benzene rings is 1. The predicted molar refractivity (Wildman–Crippen MR) is 69.1 cm³/mol. The number of rotatable bonds is 5. The van der Waals surface area contributed by atoms with E-state index in [1.807, 2.05) is 20.8 Å². The van der Waals surface area contributed by atoms with Crippen LogP contribution < -0.4 is 9.46 Å². The van der Waals surface area contributed by atoms with Crippen LogP contribution in [0.25, 0.3) is 0 Å². The van der Waals surface area contributed by atoms with Crippen LogP contribution in [0.3, 0.4) is 0 Å². The van der Waals surface area contributed by atoms with Gasteiger partial charge in [-0.05, 0) is 45.0 Å². The van der Waals surface area contributed by atoms with Gasteiger partial charge in [-0.3, -0.25) is 0 Å². The smallest absolute Gasteiger partial charge is 0.240 e. The number of aliphatic hydroxyl groups is 1. The monoisotopic (exact) mass is 273 g/mol. The van der Waals surface area contributed by atoms with Crippen molar-refractivity contribution in [1.29, 1.82) is 0 Å². The molecule has 0 bridgehead atoms. The van der Waals surface area contributed by atoms with Gasteiger partial charge in [-0.2, -0.15) is 0 Å². The van der Waals surface area contributed by atoms with Crippen molar-refractivity contribution in [3.63, 3.8) is 0 Å². The van der Waals surface area contributed by atoms with Crippen LogP contribution in [0.5, 0.6) is 5.75 Å². The van der Waals surface area contributed by atoms with Gasteiger partial charge in [0, 0.05) is 6.54 Å². The normalized spacial score (nSPS) is 12.4. The summed E-state index contributed by atoms with van der Waals surface area (Å²) in [4.78, 5) is 0.150. The molecule has 0 saturated heterocycles. The molecule has 1 rings (SSSR count). The molecule has 0 heterocycles. The van der Waals surface area contributed by atoms with Crippen LogP contribution in [0.15, 0.2) is 29.2 Å². The Morgan fingerprint density at radius 1 is 1.22 bits per heavy atom. The summed E-state index contributed by atoms with van der Waals surface area (Å²) in [6, 6.07) is 6.17. The van der Waals surface area contributed by atoms with Crippen LogP contribution in [0.4, 0.5) is 0 Å². The minimum atomic E-state index is -3.55. The summed E-state index contributed by atoms with van der Waals surface area (Å²) in [6.45, 7) is 5.52. The third-order valence-corrected chi connectivity index (χ3v) is 3.44. The predicted octanol–water partition coefficient (Wildman–Crippen LogP) is 1.13. The summed E-state index contributed by atoms with van der Waals surface area (Å²) < 4.78 is 31.3. The van der Waals surface area contributed by atoms with Crippen LogP contribution in [0, 0.1) is 0 Å². The molecule has 0 aliphatic carbocycles. The molecular weight excluding hydrogens is 254 g/mol. The molecule has 0 atom stereocenters. The minimum Gasteiger partial charge on any atom is -0.488 e. The molecule has 0 aliphatic heterocycles. The molecule has 0 amide bonds. The highest BCUT2D eigenvalue weighted by Crippen LogP contribution is 2.20. The van der Waals surface area contributed by atoms with Gasteiger partial charge in [0.2, 0.25) is 10.0 Å². The van der Waals surface area contributed by atoms with E-state index in [9.17, 15) is 8.42 Å². The highest BCUT2D eigenvalue weighted by atomic mass is 32.2. The molecular formula is C12H19NO4S. The van der Waals surface area contributed by atoms with Crippen LogP contribution in [0.1, 0.15) is 20.8 Å². The molecule has 0 spiro atoms. The lowest BCUT2D eigenvalue weighted by molar-refractivity contribution is 0.131. The third-order valence-electron chi connectivity index (χ3n) is 1.96. The quantitative estimate of drug-likeness (QED) is 0.843. The van der Waals surface area contributed by atoms with Gasteiger partial charge in [-0.15, -0.1) is 0 Å². The van der Waals surface area contributed by atoms with Crippen LogP contribution >= 0.6 is 0 Å². The highest BCUT2D eigenvalue weighted by Gasteiger charge is 2.15. The molecule has 0 radical (unpaired) electrons. The van der Waals surface area contributed by atoms with E-state index in [4.69, 9.17) is 9.84 Å². The second-order valence-electron chi connectivity index (χ2n) is 4.81. The van der Waals surface area contributed by atoms with E-state index in [-0.39, 0.29) is 23.6 Å². The van der Waals surface area contributed by atoms with Crippen LogP contribution in [0.2, 0.25) is 0 Å². The van der Waals surface area contributed by atoms with Crippen LogP contribution in [-0.4, -0.2) is 32.3 Å². The van der Waals surface area contributed by atoms with E-state index >= 15 is 0 Å². The van der Waals surface area contributed by atoms with Crippen molar-refractivity contribution in [2.45, 2.75) is 31.3 Å². The van der Waals surface area contributed by atoms with Gasteiger partial charge < -0.3 is 9.84 Å². The molecule has 102 valence electrons. The van der Waals surface area contributed by atoms with Gasteiger partial charge in [-0.1, -0.05) is 0 Å².